The summed E-state index contributed by atoms with van der Waals surface area (Å²) >= 11 is 0. The summed E-state index contributed by atoms with van der Waals surface area (Å²) in [6.07, 6.45) is 15.2. The van der Waals surface area contributed by atoms with Crippen LogP contribution in [-0.4, -0.2) is 21.2 Å². The Morgan fingerprint density at radius 1 is 1.11 bits per heavy atom. The lowest BCUT2D eigenvalue weighted by Gasteiger charge is -2.59. The van der Waals surface area contributed by atoms with Crippen molar-refractivity contribution in [1.82, 2.24) is 9.97 Å². The molecule has 0 bridgehead atoms. The Hall–Kier alpha value is -1.48. The average Bonchev–Trinajstić information content (AvgIpc) is 3.01. The molecule has 27 heavy (non-hydrogen) atoms. The molecule has 2 saturated carbocycles. The number of hydrogen-bond donors (Lipinski definition) is 1. The van der Waals surface area contributed by atoms with Crippen molar-refractivity contribution in [3.05, 3.63) is 42.0 Å². The molecule has 1 aromatic rings. The van der Waals surface area contributed by atoms with Crippen molar-refractivity contribution in [2.45, 2.75) is 65.4 Å². The Labute approximate surface area is 163 Å². The molecule has 3 nitrogen and oxygen atoms in total. The van der Waals surface area contributed by atoms with Crippen LogP contribution < -0.4 is 0 Å². The van der Waals surface area contributed by atoms with Crippen molar-refractivity contribution in [3.63, 3.8) is 0 Å². The Morgan fingerprint density at radius 2 is 1.93 bits per heavy atom. The maximum atomic E-state index is 10.2. The summed E-state index contributed by atoms with van der Waals surface area (Å²) in [5.41, 5.74) is 4.68. The normalized spacial score (nSPS) is 46.0. The number of allylic oxidation sites excluding steroid dienone is 3. The second-order valence-electron chi connectivity index (χ2n) is 10.1. The molecule has 1 heterocycles. The van der Waals surface area contributed by atoms with Crippen molar-refractivity contribution in [2.24, 2.45) is 34.5 Å². The second-order valence-corrected chi connectivity index (χ2v) is 10.1. The standard InChI is InChI=1S/C24H32N2O/c1-15-12-16-13-17(27)6-9-23(16,2)20-7-10-24(3)18(4-5-19(24)22(15)20)21-8-11-25-14-26-21/h4,8,11-12,14-15,17,19-20,22,27H,5-7,9-10,13H2,1-3H3/t15-,17?,19-,20-,22-,23-,24+/m0/s1. The first kappa shape index (κ1) is 17.6. The summed E-state index contributed by atoms with van der Waals surface area (Å²) in [5.74, 6) is 2.81. The first-order chi connectivity index (χ1) is 12.9. The minimum absolute atomic E-state index is 0.126. The molecule has 5 rings (SSSR count). The highest BCUT2D eigenvalue weighted by atomic mass is 16.3. The molecule has 3 heteroatoms. The minimum Gasteiger partial charge on any atom is -0.393 e. The van der Waals surface area contributed by atoms with Gasteiger partial charge in [0, 0.05) is 6.20 Å². The average molecular weight is 365 g/mol. The molecule has 7 atom stereocenters. The van der Waals surface area contributed by atoms with Gasteiger partial charge in [-0.05, 0) is 84.7 Å². The van der Waals surface area contributed by atoms with Gasteiger partial charge in [0.05, 0.1) is 11.8 Å². The Bertz CT molecular complexity index is 800. The zero-order chi connectivity index (χ0) is 18.8. The second kappa shape index (κ2) is 6.01. The summed E-state index contributed by atoms with van der Waals surface area (Å²) in [4.78, 5) is 8.70. The fraction of sp³-hybridized carbons (Fsp3) is 0.667. The van der Waals surface area contributed by atoms with Crippen LogP contribution in [0.15, 0.2) is 36.3 Å². The van der Waals surface area contributed by atoms with E-state index >= 15 is 0 Å². The van der Waals surface area contributed by atoms with Crippen LogP contribution in [0, 0.1) is 34.5 Å². The van der Waals surface area contributed by atoms with Crippen LogP contribution in [0.25, 0.3) is 5.57 Å². The summed E-state index contributed by atoms with van der Waals surface area (Å²) < 4.78 is 0. The number of hydrogen-bond acceptors (Lipinski definition) is 3. The molecular formula is C24H32N2O. The lowest BCUT2D eigenvalue weighted by molar-refractivity contribution is -0.0426. The molecule has 1 unspecified atom stereocenters. The van der Waals surface area contributed by atoms with Gasteiger partial charge in [-0.2, -0.15) is 0 Å². The van der Waals surface area contributed by atoms with E-state index in [1.165, 1.54) is 24.8 Å². The summed E-state index contributed by atoms with van der Waals surface area (Å²) in [7, 11) is 0. The van der Waals surface area contributed by atoms with Gasteiger partial charge in [0.2, 0.25) is 0 Å². The molecule has 0 aliphatic heterocycles. The van der Waals surface area contributed by atoms with Crippen molar-refractivity contribution in [3.8, 4) is 0 Å². The summed E-state index contributed by atoms with van der Waals surface area (Å²) in [6, 6.07) is 2.08. The molecule has 0 amide bonds. The molecule has 0 saturated heterocycles. The van der Waals surface area contributed by atoms with E-state index in [9.17, 15) is 5.11 Å². The number of nitrogens with zero attached hydrogens (tertiary/aromatic N) is 2. The molecule has 144 valence electrons. The Balaban J connectivity index is 1.52. The first-order valence-electron chi connectivity index (χ1n) is 10.8. The Morgan fingerprint density at radius 3 is 2.70 bits per heavy atom. The van der Waals surface area contributed by atoms with E-state index < -0.39 is 0 Å². The lowest BCUT2D eigenvalue weighted by atomic mass is 9.45. The minimum atomic E-state index is -0.126. The van der Waals surface area contributed by atoms with Crippen LogP contribution in [0.3, 0.4) is 0 Å². The van der Waals surface area contributed by atoms with Gasteiger partial charge in [0.1, 0.15) is 6.33 Å². The molecule has 0 aromatic carbocycles. The highest BCUT2D eigenvalue weighted by molar-refractivity contribution is 5.70. The molecule has 1 aromatic heterocycles. The van der Waals surface area contributed by atoms with Gasteiger partial charge >= 0.3 is 0 Å². The predicted molar refractivity (Wildman–Crippen MR) is 108 cm³/mol. The van der Waals surface area contributed by atoms with Crippen LogP contribution in [0.1, 0.15) is 65.0 Å². The van der Waals surface area contributed by atoms with E-state index in [1.54, 1.807) is 11.9 Å². The third-order valence-electron chi connectivity index (χ3n) is 8.85. The smallest absolute Gasteiger partial charge is 0.116 e. The van der Waals surface area contributed by atoms with Crippen LogP contribution in [-0.2, 0) is 0 Å². The summed E-state index contributed by atoms with van der Waals surface area (Å²) in [5, 5.41) is 10.2. The predicted octanol–water partition coefficient (Wildman–Crippen LogP) is 5.04. The maximum Gasteiger partial charge on any atom is 0.116 e. The zero-order valence-corrected chi connectivity index (χ0v) is 16.9. The zero-order valence-electron chi connectivity index (χ0n) is 16.9. The van der Waals surface area contributed by atoms with Crippen molar-refractivity contribution >= 4 is 5.57 Å². The molecule has 4 aliphatic rings. The molecule has 1 N–H and O–H groups in total. The van der Waals surface area contributed by atoms with Crippen LogP contribution in [0.2, 0.25) is 0 Å². The summed E-state index contributed by atoms with van der Waals surface area (Å²) in [6.45, 7) is 7.43. The van der Waals surface area contributed by atoms with Gasteiger partial charge in [0.25, 0.3) is 0 Å². The van der Waals surface area contributed by atoms with E-state index in [0.29, 0.717) is 17.3 Å². The van der Waals surface area contributed by atoms with Gasteiger partial charge in [0.15, 0.2) is 0 Å². The van der Waals surface area contributed by atoms with E-state index in [0.717, 1.165) is 36.8 Å². The largest absolute Gasteiger partial charge is 0.393 e. The van der Waals surface area contributed by atoms with E-state index in [1.807, 2.05) is 6.20 Å². The van der Waals surface area contributed by atoms with E-state index in [2.05, 4.69) is 49.0 Å². The van der Waals surface area contributed by atoms with Crippen LogP contribution >= 0.6 is 0 Å². The highest BCUT2D eigenvalue weighted by Crippen LogP contribution is 2.67. The quantitative estimate of drug-likeness (QED) is 0.710. The molecule has 4 aliphatic carbocycles. The maximum absolute atomic E-state index is 10.2. The highest BCUT2D eigenvalue weighted by Gasteiger charge is 2.58. The lowest BCUT2D eigenvalue weighted by Crippen LogP contribution is -2.52. The molecule has 0 radical (unpaired) electrons. The first-order valence-corrected chi connectivity index (χ1v) is 10.8. The SMILES string of the molecule is C[C@H]1C=C2CC(O)CC[C@]2(C)[C@H]2CC[C@]3(C)C(c4ccncn4)=CC[C@H]3[C@H]12. The van der Waals surface area contributed by atoms with Gasteiger partial charge < -0.3 is 5.11 Å². The number of rotatable bonds is 1. The molecular weight excluding hydrogens is 332 g/mol. The topological polar surface area (TPSA) is 46.0 Å². The third-order valence-corrected chi connectivity index (χ3v) is 8.85. The van der Waals surface area contributed by atoms with Crippen molar-refractivity contribution in [2.75, 3.05) is 0 Å². The van der Waals surface area contributed by atoms with Gasteiger partial charge in [-0.15, -0.1) is 0 Å². The van der Waals surface area contributed by atoms with E-state index in [4.69, 9.17) is 0 Å². The molecule has 0 spiro atoms. The van der Waals surface area contributed by atoms with Crippen LogP contribution in [0.4, 0.5) is 0 Å². The fourth-order valence-corrected chi connectivity index (χ4v) is 7.42. The number of aromatic nitrogens is 2. The Kier molecular flexibility index (Phi) is 3.92. The van der Waals surface area contributed by atoms with E-state index in [-0.39, 0.29) is 11.5 Å². The fourth-order valence-electron chi connectivity index (χ4n) is 7.42. The molecule has 2 fully saturated rings. The third kappa shape index (κ3) is 2.43. The van der Waals surface area contributed by atoms with Crippen molar-refractivity contribution in [1.29, 1.82) is 0 Å². The van der Waals surface area contributed by atoms with Crippen LogP contribution in [0.5, 0.6) is 0 Å². The van der Waals surface area contributed by atoms with Gasteiger partial charge in [-0.1, -0.05) is 38.5 Å². The van der Waals surface area contributed by atoms with Crippen molar-refractivity contribution < 1.29 is 5.11 Å². The number of aliphatic hydroxyl groups excluding tert-OH is 1. The van der Waals surface area contributed by atoms with Gasteiger partial charge in [-0.25, -0.2) is 9.97 Å². The number of aliphatic hydroxyl groups is 1. The number of fused-ring (bicyclic) bond motifs is 5. The van der Waals surface area contributed by atoms with Gasteiger partial charge in [-0.3, -0.25) is 0 Å². The monoisotopic (exact) mass is 364 g/mol.